The van der Waals surface area contributed by atoms with Crippen LogP contribution in [0.15, 0.2) is 18.2 Å². The second kappa shape index (κ2) is 4.17. The van der Waals surface area contributed by atoms with Gasteiger partial charge in [-0.25, -0.2) is 4.39 Å². The van der Waals surface area contributed by atoms with E-state index in [1.54, 1.807) is 6.07 Å². The number of benzene rings is 1. The van der Waals surface area contributed by atoms with Crippen LogP contribution in [0.5, 0.6) is 0 Å². The largest absolute Gasteiger partial charge is 0.480 e. The van der Waals surface area contributed by atoms with E-state index in [1.807, 2.05) is 0 Å². The van der Waals surface area contributed by atoms with Crippen molar-refractivity contribution < 1.29 is 14.3 Å². The molecule has 1 aliphatic heterocycles. The van der Waals surface area contributed by atoms with Gasteiger partial charge >= 0.3 is 5.97 Å². The standard InChI is InChI=1S/C11H10FNO2S/c12-8-3-1-7-2-4-10(16)13(6-11(14)15)9(7)5-8/h1,3,5H,2,4,6H2,(H,14,15). The number of carbonyl (C=O) groups is 1. The Kier molecular flexibility index (Phi) is 2.87. The van der Waals surface area contributed by atoms with Gasteiger partial charge in [0.15, 0.2) is 0 Å². The Morgan fingerprint density at radius 2 is 2.25 bits per heavy atom. The van der Waals surface area contributed by atoms with E-state index in [0.717, 1.165) is 12.0 Å². The van der Waals surface area contributed by atoms with Gasteiger partial charge in [0.05, 0.1) is 4.99 Å². The number of aliphatic carboxylic acids is 1. The van der Waals surface area contributed by atoms with Crippen LogP contribution in [0, 0.1) is 5.82 Å². The second-order valence-electron chi connectivity index (χ2n) is 3.65. The van der Waals surface area contributed by atoms with E-state index in [2.05, 4.69) is 0 Å². The highest BCUT2D eigenvalue weighted by molar-refractivity contribution is 7.80. The van der Waals surface area contributed by atoms with Gasteiger partial charge in [-0.1, -0.05) is 18.3 Å². The third kappa shape index (κ3) is 2.04. The number of thiocarbonyl (C=S) groups is 1. The van der Waals surface area contributed by atoms with Crippen molar-refractivity contribution in [1.82, 2.24) is 0 Å². The fourth-order valence-electron chi connectivity index (χ4n) is 1.82. The topological polar surface area (TPSA) is 40.5 Å². The third-order valence-electron chi connectivity index (χ3n) is 2.54. The van der Waals surface area contributed by atoms with Gasteiger partial charge in [0.2, 0.25) is 0 Å². The molecule has 1 N–H and O–H groups in total. The number of carboxylic acid groups (broad SMARTS) is 1. The van der Waals surface area contributed by atoms with Crippen molar-refractivity contribution in [3.05, 3.63) is 29.6 Å². The fourth-order valence-corrected chi connectivity index (χ4v) is 2.08. The number of nitrogens with zero attached hydrogens (tertiary/aromatic N) is 1. The molecule has 0 saturated carbocycles. The molecule has 5 heteroatoms. The average molecular weight is 239 g/mol. The zero-order valence-corrected chi connectivity index (χ0v) is 9.26. The monoisotopic (exact) mass is 239 g/mol. The molecular formula is C11H10FNO2S. The number of carboxylic acids is 1. The molecule has 16 heavy (non-hydrogen) atoms. The summed E-state index contributed by atoms with van der Waals surface area (Å²) in [6.07, 6.45) is 1.38. The summed E-state index contributed by atoms with van der Waals surface area (Å²) >= 11 is 5.11. The van der Waals surface area contributed by atoms with Gasteiger partial charge in [0.25, 0.3) is 0 Å². The van der Waals surface area contributed by atoms with Crippen molar-refractivity contribution in [2.75, 3.05) is 11.4 Å². The van der Waals surface area contributed by atoms with Crippen LogP contribution in [0.1, 0.15) is 12.0 Å². The molecule has 1 heterocycles. The first-order valence-electron chi connectivity index (χ1n) is 4.88. The Balaban J connectivity index is 2.42. The van der Waals surface area contributed by atoms with E-state index in [0.29, 0.717) is 17.1 Å². The van der Waals surface area contributed by atoms with E-state index in [-0.39, 0.29) is 12.4 Å². The highest BCUT2D eigenvalue weighted by atomic mass is 32.1. The molecule has 1 aromatic rings. The van der Waals surface area contributed by atoms with Crippen molar-refractivity contribution in [3.8, 4) is 0 Å². The summed E-state index contributed by atoms with van der Waals surface area (Å²) in [5.41, 5.74) is 1.52. The van der Waals surface area contributed by atoms with Crippen LogP contribution in [-0.2, 0) is 11.2 Å². The molecule has 0 atom stereocenters. The van der Waals surface area contributed by atoms with Crippen molar-refractivity contribution in [1.29, 1.82) is 0 Å². The molecule has 0 spiro atoms. The maximum Gasteiger partial charge on any atom is 0.323 e. The van der Waals surface area contributed by atoms with Crippen molar-refractivity contribution in [3.63, 3.8) is 0 Å². The summed E-state index contributed by atoms with van der Waals surface area (Å²) in [6.45, 7) is -0.213. The highest BCUT2D eigenvalue weighted by Gasteiger charge is 2.23. The summed E-state index contributed by atoms with van der Waals surface area (Å²) < 4.78 is 13.1. The molecule has 3 nitrogen and oxygen atoms in total. The molecule has 1 aliphatic rings. The molecule has 0 unspecified atom stereocenters. The number of fused-ring (bicyclic) bond motifs is 1. The molecule has 0 aromatic heterocycles. The van der Waals surface area contributed by atoms with Crippen molar-refractivity contribution in [2.45, 2.75) is 12.8 Å². The lowest BCUT2D eigenvalue weighted by molar-refractivity contribution is -0.135. The fraction of sp³-hybridized carbons (Fsp3) is 0.273. The first-order chi connectivity index (χ1) is 7.58. The minimum atomic E-state index is -0.973. The average Bonchev–Trinajstić information content (AvgIpc) is 2.22. The van der Waals surface area contributed by atoms with E-state index in [4.69, 9.17) is 17.3 Å². The minimum Gasteiger partial charge on any atom is -0.480 e. The number of rotatable bonds is 2. The Morgan fingerprint density at radius 1 is 1.50 bits per heavy atom. The molecule has 2 rings (SSSR count). The summed E-state index contributed by atoms with van der Waals surface area (Å²) in [4.78, 5) is 12.8. The Labute approximate surface area is 97.5 Å². The third-order valence-corrected chi connectivity index (χ3v) is 2.97. The van der Waals surface area contributed by atoms with Crippen LogP contribution in [0.4, 0.5) is 10.1 Å². The zero-order chi connectivity index (χ0) is 11.7. The molecule has 0 radical (unpaired) electrons. The minimum absolute atomic E-state index is 0.213. The smallest absolute Gasteiger partial charge is 0.323 e. The van der Waals surface area contributed by atoms with Gasteiger partial charge in [-0.2, -0.15) is 0 Å². The van der Waals surface area contributed by atoms with Crippen LogP contribution in [0.2, 0.25) is 0 Å². The second-order valence-corrected chi connectivity index (χ2v) is 4.12. The molecule has 84 valence electrons. The molecule has 0 saturated heterocycles. The van der Waals surface area contributed by atoms with Gasteiger partial charge in [-0.3, -0.25) is 4.79 Å². The van der Waals surface area contributed by atoms with Gasteiger partial charge in [-0.05, 0) is 24.1 Å². The number of halogens is 1. The van der Waals surface area contributed by atoms with Crippen LogP contribution in [0.3, 0.4) is 0 Å². The Morgan fingerprint density at radius 3 is 2.94 bits per heavy atom. The summed E-state index contributed by atoms with van der Waals surface area (Å²) in [5.74, 6) is -1.35. The number of hydrogen-bond donors (Lipinski definition) is 1. The lowest BCUT2D eigenvalue weighted by atomic mass is 10.0. The lowest BCUT2D eigenvalue weighted by Gasteiger charge is -2.30. The normalized spacial score (nSPS) is 14.8. The quantitative estimate of drug-likeness (QED) is 0.801. The van der Waals surface area contributed by atoms with E-state index < -0.39 is 5.97 Å². The number of hydrogen-bond acceptors (Lipinski definition) is 2. The maximum absolute atomic E-state index is 13.1. The first kappa shape index (κ1) is 11.0. The van der Waals surface area contributed by atoms with Gasteiger partial charge in [-0.15, -0.1) is 0 Å². The Bertz CT molecular complexity index is 461. The van der Waals surface area contributed by atoms with Gasteiger partial charge in [0, 0.05) is 12.1 Å². The maximum atomic E-state index is 13.1. The SMILES string of the molecule is O=C(O)CN1C(=S)CCc2ccc(F)cc21. The summed E-state index contributed by atoms with van der Waals surface area (Å²) in [7, 11) is 0. The molecule has 1 aromatic carbocycles. The van der Waals surface area contributed by atoms with Crippen LogP contribution < -0.4 is 4.90 Å². The molecule has 0 aliphatic carbocycles. The van der Waals surface area contributed by atoms with Gasteiger partial charge in [0.1, 0.15) is 12.4 Å². The van der Waals surface area contributed by atoms with E-state index in [1.165, 1.54) is 17.0 Å². The number of aryl methyl sites for hydroxylation is 1. The zero-order valence-electron chi connectivity index (χ0n) is 8.44. The van der Waals surface area contributed by atoms with Gasteiger partial charge < -0.3 is 10.0 Å². The molecule has 0 fully saturated rings. The lowest BCUT2D eigenvalue weighted by Crippen LogP contribution is -2.37. The molecule has 0 bridgehead atoms. The highest BCUT2D eigenvalue weighted by Crippen LogP contribution is 2.28. The van der Waals surface area contributed by atoms with E-state index >= 15 is 0 Å². The number of anilines is 1. The molecule has 0 amide bonds. The Hall–Kier alpha value is -1.49. The van der Waals surface area contributed by atoms with Crippen LogP contribution in [0.25, 0.3) is 0 Å². The first-order valence-corrected chi connectivity index (χ1v) is 5.29. The predicted molar refractivity (Wildman–Crippen MR) is 62.3 cm³/mol. The summed E-state index contributed by atoms with van der Waals surface area (Å²) in [6, 6.07) is 4.40. The van der Waals surface area contributed by atoms with E-state index in [9.17, 15) is 9.18 Å². The van der Waals surface area contributed by atoms with Crippen molar-refractivity contribution in [2.24, 2.45) is 0 Å². The molecular weight excluding hydrogens is 229 g/mol. The van der Waals surface area contributed by atoms with Crippen LogP contribution in [-0.4, -0.2) is 22.6 Å². The predicted octanol–water partition coefficient (Wildman–Crippen LogP) is 1.99. The van der Waals surface area contributed by atoms with Crippen molar-refractivity contribution >= 4 is 28.9 Å². The summed E-state index contributed by atoms with van der Waals surface area (Å²) in [5, 5.41) is 8.78. The van der Waals surface area contributed by atoms with Crippen LogP contribution >= 0.6 is 12.2 Å².